The molecule has 0 unspecified atom stereocenters. The third-order valence-electron chi connectivity index (χ3n) is 7.02. The predicted molar refractivity (Wildman–Crippen MR) is 132 cm³/mol. The van der Waals surface area contributed by atoms with E-state index in [0.717, 1.165) is 42.5 Å². The van der Waals surface area contributed by atoms with Gasteiger partial charge >= 0.3 is 18.5 Å². The lowest BCUT2D eigenvalue weighted by Crippen LogP contribution is -2.59. The number of halogens is 9. The minimum atomic E-state index is -4.76. The minimum absolute atomic E-state index is 0.0278. The van der Waals surface area contributed by atoms with Gasteiger partial charge in [0.15, 0.2) is 0 Å². The van der Waals surface area contributed by atoms with Crippen LogP contribution in [-0.2, 0) is 18.5 Å². The Balaban J connectivity index is 1.65. The van der Waals surface area contributed by atoms with E-state index in [1.54, 1.807) is 19.1 Å². The molecule has 0 saturated heterocycles. The summed E-state index contributed by atoms with van der Waals surface area (Å²) >= 11 is 0. The number of ether oxygens (including phenoxy) is 1. The van der Waals surface area contributed by atoms with Crippen LogP contribution in [0.2, 0.25) is 0 Å². The summed E-state index contributed by atoms with van der Waals surface area (Å²) in [5, 5.41) is 0. The molecule has 0 radical (unpaired) electrons. The molecule has 4 aromatic carbocycles. The van der Waals surface area contributed by atoms with Gasteiger partial charge in [-0.2, -0.15) is 39.5 Å². The molecular formula is C28H15BF9NO. The van der Waals surface area contributed by atoms with Crippen LogP contribution in [0.3, 0.4) is 0 Å². The number of anilines is 3. The molecule has 0 saturated carbocycles. The van der Waals surface area contributed by atoms with Crippen LogP contribution in [0.1, 0.15) is 22.3 Å². The molecule has 204 valence electrons. The van der Waals surface area contributed by atoms with E-state index in [2.05, 4.69) is 0 Å². The van der Waals surface area contributed by atoms with Crippen LogP contribution in [0.25, 0.3) is 0 Å². The Kier molecular flexibility index (Phi) is 5.53. The molecule has 2 aliphatic heterocycles. The largest absolute Gasteiger partial charge is 0.458 e. The van der Waals surface area contributed by atoms with Crippen molar-refractivity contribution in [2.45, 2.75) is 25.5 Å². The Morgan fingerprint density at radius 2 is 1.12 bits per heavy atom. The van der Waals surface area contributed by atoms with Crippen LogP contribution in [-0.4, -0.2) is 6.71 Å². The summed E-state index contributed by atoms with van der Waals surface area (Å²) in [6.45, 7) is 0.657. The zero-order valence-corrected chi connectivity index (χ0v) is 20.3. The van der Waals surface area contributed by atoms with E-state index < -0.39 is 41.9 Å². The summed E-state index contributed by atoms with van der Waals surface area (Å²) in [5.74, 6) is 0.292. The molecule has 4 aromatic rings. The van der Waals surface area contributed by atoms with Crippen LogP contribution in [0.4, 0.5) is 56.6 Å². The fourth-order valence-electron chi connectivity index (χ4n) is 5.32. The molecule has 0 aromatic heterocycles. The van der Waals surface area contributed by atoms with Crippen molar-refractivity contribution in [1.82, 2.24) is 0 Å². The van der Waals surface area contributed by atoms with Gasteiger partial charge in [0, 0.05) is 17.1 Å². The summed E-state index contributed by atoms with van der Waals surface area (Å²) in [4.78, 5) is 1.50. The molecule has 0 N–H and O–H groups in total. The van der Waals surface area contributed by atoms with Gasteiger partial charge < -0.3 is 9.64 Å². The van der Waals surface area contributed by atoms with Crippen molar-refractivity contribution in [3.8, 4) is 11.5 Å². The molecule has 0 bridgehead atoms. The van der Waals surface area contributed by atoms with Crippen molar-refractivity contribution in [3.05, 3.63) is 95.1 Å². The van der Waals surface area contributed by atoms with Crippen molar-refractivity contribution in [3.63, 3.8) is 0 Å². The Hall–Kier alpha value is -4.09. The van der Waals surface area contributed by atoms with Gasteiger partial charge in [-0.25, -0.2) is 0 Å². The summed E-state index contributed by atoms with van der Waals surface area (Å²) in [7, 11) is 0. The van der Waals surface area contributed by atoms with Gasteiger partial charge in [-0.05, 0) is 89.5 Å². The smallest absolute Gasteiger partial charge is 0.416 e. The van der Waals surface area contributed by atoms with E-state index in [-0.39, 0.29) is 33.8 Å². The van der Waals surface area contributed by atoms with Crippen molar-refractivity contribution in [2.24, 2.45) is 0 Å². The second-order valence-electron chi connectivity index (χ2n) is 9.63. The molecular weight excluding hydrogens is 548 g/mol. The van der Waals surface area contributed by atoms with Gasteiger partial charge in [-0.3, -0.25) is 0 Å². The second-order valence-corrected chi connectivity index (χ2v) is 9.63. The zero-order valence-electron chi connectivity index (χ0n) is 20.3. The molecule has 0 fully saturated rings. The van der Waals surface area contributed by atoms with Gasteiger partial charge in [0.1, 0.15) is 11.5 Å². The number of rotatable bonds is 1. The Morgan fingerprint density at radius 3 is 1.73 bits per heavy atom. The monoisotopic (exact) mass is 563 g/mol. The Bertz CT molecular complexity index is 1660. The maximum Gasteiger partial charge on any atom is 0.416 e. The lowest BCUT2D eigenvalue weighted by Gasteiger charge is -2.40. The van der Waals surface area contributed by atoms with Crippen molar-refractivity contribution in [1.29, 1.82) is 0 Å². The molecule has 2 nitrogen and oxygen atoms in total. The van der Waals surface area contributed by atoms with Crippen molar-refractivity contribution in [2.75, 3.05) is 4.90 Å². The summed E-state index contributed by atoms with van der Waals surface area (Å²) < 4.78 is 128. The van der Waals surface area contributed by atoms with Crippen LogP contribution in [0.5, 0.6) is 11.5 Å². The summed E-state index contributed by atoms with van der Waals surface area (Å²) in [6.07, 6.45) is -14.1. The number of benzene rings is 4. The number of fused-ring (bicyclic) bond motifs is 4. The molecule has 2 heterocycles. The van der Waals surface area contributed by atoms with Crippen LogP contribution in [0, 0.1) is 6.92 Å². The highest BCUT2D eigenvalue weighted by Crippen LogP contribution is 2.43. The number of hydrogen-bond donors (Lipinski definition) is 0. The van der Waals surface area contributed by atoms with E-state index in [1.165, 1.54) is 23.1 Å². The van der Waals surface area contributed by atoms with E-state index in [0.29, 0.717) is 16.7 Å². The molecule has 6 rings (SSSR count). The first-order valence-corrected chi connectivity index (χ1v) is 11.8. The average molecular weight is 563 g/mol. The molecule has 2 aliphatic rings. The number of hydrogen-bond acceptors (Lipinski definition) is 2. The topological polar surface area (TPSA) is 12.5 Å². The maximum absolute atomic E-state index is 13.8. The van der Waals surface area contributed by atoms with Crippen LogP contribution >= 0.6 is 0 Å². The normalized spacial score (nSPS) is 14.3. The quantitative estimate of drug-likeness (QED) is 0.152. The third-order valence-corrected chi connectivity index (χ3v) is 7.02. The minimum Gasteiger partial charge on any atom is -0.458 e. The highest BCUT2D eigenvalue weighted by molar-refractivity contribution is 6.99. The molecule has 0 aliphatic carbocycles. The number of aryl methyl sites for hydroxylation is 1. The van der Waals surface area contributed by atoms with Crippen LogP contribution in [0.15, 0.2) is 72.8 Å². The van der Waals surface area contributed by atoms with E-state index in [1.807, 2.05) is 0 Å². The SMILES string of the molecule is Cc1cc2c3c(c1)N(c1ccc(C(F)(F)F)cc1)c1ccc(C(F)(F)F)cc1B3c1cc(C(F)(F)F)ccc1O2. The first-order chi connectivity index (χ1) is 18.6. The molecule has 0 amide bonds. The maximum atomic E-state index is 13.8. The average Bonchev–Trinajstić information content (AvgIpc) is 2.86. The van der Waals surface area contributed by atoms with Crippen molar-refractivity contribution >= 4 is 40.2 Å². The Morgan fingerprint density at radius 1 is 0.575 bits per heavy atom. The predicted octanol–water partition coefficient (Wildman–Crippen LogP) is 7.46. The fourth-order valence-corrected chi connectivity index (χ4v) is 5.32. The van der Waals surface area contributed by atoms with Crippen LogP contribution < -0.4 is 26.0 Å². The second kappa shape index (κ2) is 8.46. The van der Waals surface area contributed by atoms with Gasteiger partial charge in [-0.1, -0.05) is 12.1 Å². The molecule has 0 atom stereocenters. The number of nitrogens with zero attached hydrogens (tertiary/aromatic N) is 1. The third kappa shape index (κ3) is 4.17. The Labute approximate surface area is 221 Å². The molecule has 0 spiro atoms. The first-order valence-electron chi connectivity index (χ1n) is 11.8. The zero-order chi connectivity index (χ0) is 28.8. The fraction of sp³-hybridized carbons (Fsp3) is 0.143. The highest BCUT2D eigenvalue weighted by atomic mass is 19.4. The highest BCUT2D eigenvalue weighted by Gasteiger charge is 2.45. The number of alkyl halides is 9. The molecule has 12 heteroatoms. The lowest BCUT2D eigenvalue weighted by molar-refractivity contribution is -0.138. The first kappa shape index (κ1) is 26.2. The van der Waals surface area contributed by atoms with E-state index in [4.69, 9.17) is 4.74 Å². The van der Waals surface area contributed by atoms with Gasteiger partial charge in [0.05, 0.1) is 16.7 Å². The lowest BCUT2D eigenvalue weighted by atomic mass is 9.34. The van der Waals surface area contributed by atoms with Crippen molar-refractivity contribution < 1.29 is 44.3 Å². The van der Waals surface area contributed by atoms with Gasteiger partial charge in [0.2, 0.25) is 0 Å². The van der Waals surface area contributed by atoms with E-state index in [9.17, 15) is 39.5 Å². The standard InChI is InChI=1S/C28H15BF9NO/c1-14-10-22-25-24(11-14)40-23-9-5-17(28(36,37)38)13-20(23)29(25)19-12-16(27(33,34)35)4-8-21(19)39(22)18-6-2-15(3-7-18)26(30,31)32/h2-13H,1H3. The summed E-state index contributed by atoms with van der Waals surface area (Å²) in [5.41, 5.74) is -1.11. The van der Waals surface area contributed by atoms with Gasteiger partial charge in [0.25, 0.3) is 6.71 Å². The van der Waals surface area contributed by atoms with E-state index >= 15 is 0 Å². The summed E-state index contributed by atoms with van der Waals surface area (Å²) in [6, 6.07) is 13.1. The molecule has 40 heavy (non-hydrogen) atoms. The van der Waals surface area contributed by atoms with Gasteiger partial charge in [-0.15, -0.1) is 0 Å².